The Balaban J connectivity index is 2.03. The van der Waals surface area contributed by atoms with Crippen molar-refractivity contribution in [3.8, 4) is 0 Å². The molecule has 3 heteroatoms. The number of aliphatic hydroxyl groups is 1. The van der Waals surface area contributed by atoms with E-state index in [0.29, 0.717) is 6.04 Å². The average molecular weight is 254 g/mol. The quantitative estimate of drug-likeness (QED) is 0.790. The van der Waals surface area contributed by atoms with E-state index in [1.807, 2.05) is 0 Å². The second kappa shape index (κ2) is 6.88. The summed E-state index contributed by atoms with van der Waals surface area (Å²) in [5, 5.41) is 9.74. The second-order valence-corrected chi connectivity index (χ2v) is 6.19. The maximum Gasteiger partial charge on any atom is 0.0602 e. The number of nitrogens with two attached hydrogens (primary N) is 1. The molecule has 1 aliphatic carbocycles. The maximum atomic E-state index is 9.74. The van der Waals surface area contributed by atoms with Gasteiger partial charge in [-0.15, -0.1) is 0 Å². The van der Waals surface area contributed by atoms with Crippen molar-refractivity contribution in [3.63, 3.8) is 0 Å². The van der Waals surface area contributed by atoms with Crippen LogP contribution in [0.2, 0.25) is 0 Å². The van der Waals surface area contributed by atoms with Crippen LogP contribution in [-0.2, 0) is 0 Å². The summed E-state index contributed by atoms with van der Waals surface area (Å²) in [6.07, 6.45) is 10.3. The molecule has 0 aromatic rings. The first-order valence-corrected chi connectivity index (χ1v) is 7.90. The van der Waals surface area contributed by atoms with Crippen molar-refractivity contribution >= 4 is 0 Å². The Morgan fingerprint density at radius 3 is 2.67 bits per heavy atom. The van der Waals surface area contributed by atoms with Crippen LogP contribution in [0.1, 0.15) is 58.3 Å². The first-order valence-electron chi connectivity index (χ1n) is 7.90. The monoisotopic (exact) mass is 254 g/mol. The standard InChI is InChI=1S/C15H30N2O/c1-2-6-13(16)15(11-18)17-10-5-8-12-7-3-4-9-14(12)17/h12-15,18H,2-11,16H2,1H3. The Kier molecular flexibility index (Phi) is 5.46. The predicted molar refractivity (Wildman–Crippen MR) is 75.4 cm³/mol. The lowest BCUT2D eigenvalue weighted by molar-refractivity contribution is -0.00490. The summed E-state index contributed by atoms with van der Waals surface area (Å²) in [5.74, 6) is 0.871. The van der Waals surface area contributed by atoms with E-state index in [9.17, 15) is 5.11 Å². The minimum Gasteiger partial charge on any atom is -0.395 e. The van der Waals surface area contributed by atoms with Crippen LogP contribution in [0.4, 0.5) is 0 Å². The Hall–Kier alpha value is -0.120. The molecule has 3 N–H and O–H groups in total. The fourth-order valence-corrected chi connectivity index (χ4v) is 4.09. The first kappa shape index (κ1) is 14.3. The fourth-order valence-electron chi connectivity index (χ4n) is 4.09. The summed E-state index contributed by atoms with van der Waals surface area (Å²) in [5.41, 5.74) is 6.29. The summed E-state index contributed by atoms with van der Waals surface area (Å²) >= 11 is 0. The molecule has 1 aliphatic heterocycles. The van der Waals surface area contributed by atoms with Crippen molar-refractivity contribution in [3.05, 3.63) is 0 Å². The Labute approximate surface area is 112 Å². The van der Waals surface area contributed by atoms with Gasteiger partial charge in [0.2, 0.25) is 0 Å². The van der Waals surface area contributed by atoms with Crippen LogP contribution >= 0.6 is 0 Å². The van der Waals surface area contributed by atoms with Crippen molar-refractivity contribution in [1.29, 1.82) is 0 Å². The van der Waals surface area contributed by atoms with Gasteiger partial charge in [0.05, 0.1) is 6.61 Å². The third-order valence-electron chi connectivity index (χ3n) is 5.02. The van der Waals surface area contributed by atoms with Gasteiger partial charge in [-0.2, -0.15) is 0 Å². The van der Waals surface area contributed by atoms with Gasteiger partial charge in [-0.25, -0.2) is 0 Å². The van der Waals surface area contributed by atoms with Gasteiger partial charge in [0.15, 0.2) is 0 Å². The highest BCUT2D eigenvalue weighted by Crippen LogP contribution is 2.36. The van der Waals surface area contributed by atoms with Crippen LogP contribution < -0.4 is 5.73 Å². The molecule has 3 nitrogen and oxygen atoms in total. The van der Waals surface area contributed by atoms with Gasteiger partial charge in [0.1, 0.15) is 0 Å². The van der Waals surface area contributed by atoms with Crippen molar-refractivity contribution in [1.82, 2.24) is 4.90 Å². The molecule has 0 aromatic carbocycles. The normalized spacial score (nSPS) is 32.8. The molecular formula is C15H30N2O. The van der Waals surface area contributed by atoms with Crippen LogP contribution in [0.15, 0.2) is 0 Å². The van der Waals surface area contributed by atoms with Gasteiger partial charge < -0.3 is 10.8 Å². The molecule has 0 aromatic heterocycles. The molecule has 1 heterocycles. The summed E-state index contributed by atoms with van der Waals surface area (Å²) in [7, 11) is 0. The molecule has 0 radical (unpaired) electrons. The number of aliphatic hydroxyl groups excluding tert-OH is 1. The van der Waals surface area contributed by atoms with Gasteiger partial charge in [0, 0.05) is 18.1 Å². The van der Waals surface area contributed by atoms with Gasteiger partial charge in [-0.05, 0) is 44.6 Å². The molecule has 0 amide bonds. The van der Waals surface area contributed by atoms with E-state index in [0.717, 1.165) is 25.3 Å². The SMILES string of the molecule is CCCC(N)C(CO)N1CCCC2CCCCC21. The number of hydrogen-bond donors (Lipinski definition) is 2. The Morgan fingerprint density at radius 2 is 1.94 bits per heavy atom. The fraction of sp³-hybridized carbons (Fsp3) is 1.00. The van der Waals surface area contributed by atoms with Crippen LogP contribution in [0.5, 0.6) is 0 Å². The Morgan fingerprint density at radius 1 is 1.22 bits per heavy atom. The molecular weight excluding hydrogens is 224 g/mol. The Bertz CT molecular complexity index is 245. The van der Waals surface area contributed by atoms with Crippen LogP contribution in [0.25, 0.3) is 0 Å². The van der Waals surface area contributed by atoms with E-state index < -0.39 is 0 Å². The van der Waals surface area contributed by atoms with E-state index in [-0.39, 0.29) is 18.7 Å². The van der Waals surface area contributed by atoms with E-state index in [2.05, 4.69) is 11.8 Å². The number of rotatable bonds is 5. The molecule has 2 fully saturated rings. The molecule has 4 unspecified atom stereocenters. The summed E-state index contributed by atoms with van der Waals surface area (Å²) in [6, 6.07) is 1.03. The van der Waals surface area contributed by atoms with Crippen LogP contribution in [-0.4, -0.2) is 41.3 Å². The maximum absolute atomic E-state index is 9.74. The van der Waals surface area contributed by atoms with E-state index >= 15 is 0 Å². The lowest BCUT2D eigenvalue weighted by atomic mass is 9.77. The summed E-state index contributed by atoms with van der Waals surface area (Å²) in [6.45, 7) is 3.54. The van der Waals surface area contributed by atoms with Gasteiger partial charge in [0.25, 0.3) is 0 Å². The van der Waals surface area contributed by atoms with E-state index in [1.54, 1.807) is 0 Å². The highest BCUT2D eigenvalue weighted by Gasteiger charge is 2.37. The smallest absolute Gasteiger partial charge is 0.0602 e. The average Bonchev–Trinajstić information content (AvgIpc) is 2.40. The van der Waals surface area contributed by atoms with Crippen LogP contribution in [0, 0.1) is 5.92 Å². The number of fused-ring (bicyclic) bond motifs is 1. The molecule has 4 atom stereocenters. The molecule has 1 saturated carbocycles. The van der Waals surface area contributed by atoms with Gasteiger partial charge in [-0.1, -0.05) is 26.2 Å². The van der Waals surface area contributed by atoms with Crippen molar-refractivity contribution in [2.75, 3.05) is 13.2 Å². The van der Waals surface area contributed by atoms with E-state index in [4.69, 9.17) is 5.73 Å². The largest absolute Gasteiger partial charge is 0.395 e. The molecule has 1 saturated heterocycles. The third-order valence-corrected chi connectivity index (χ3v) is 5.02. The number of nitrogens with zero attached hydrogens (tertiary/aromatic N) is 1. The number of hydrogen-bond acceptors (Lipinski definition) is 3. The minimum atomic E-state index is 0.140. The highest BCUT2D eigenvalue weighted by molar-refractivity contribution is 4.93. The highest BCUT2D eigenvalue weighted by atomic mass is 16.3. The number of likely N-dealkylation sites (tertiary alicyclic amines) is 1. The van der Waals surface area contributed by atoms with E-state index in [1.165, 1.54) is 38.5 Å². The topological polar surface area (TPSA) is 49.5 Å². The van der Waals surface area contributed by atoms with Crippen molar-refractivity contribution < 1.29 is 5.11 Å². The molecule has 2 aliphatic rings. The number of piperidine rings is 1. The predicted octanol–water partition coefficient (Wildman–Crippen LogP) is 2.13. The molecule has 0 bridgehead atoms. The third kappa shape index (κ3) is 3.06. The zero-order chi connectivity index (χ0) is 13.0. The lowest BCUT2D eigenvalue weighted by Crippen LogP contribution is -2.58. The zero-order valence-electron chi connectivity index (χ0n) is 11.9. The van der Waals surface area contributed by atoms with Gasteiger partial charge in [-0.3, -0.25) is 4.90 Å². The van der Waals surface area contributed by atoms with Crippen molar-refractivity contribution in [2.45, 2.75) is 76.4 Å². The molecule has 0 spiro atoms. The molecule has 18 heavy (non-hydrogen) atoms. The summed E-state index contributed by atoms with van der Waals surface area (Å²) in [4.78, 5) is 2.56. The minimum absolute atomic E-state index is 0.140. The zero-order valence-corrected chi connectivity index (χ0v) is 11.9. The van der Waals surface area contributed by atoms with Crippen LogP contribution in [0.3, 0.4) is 0 Å². The second-order valence-electron chi connectivity index (χ2n) is 6.19. The first-order chi connectivity index (χ1) is 8.77. The van der Waals surface area contributed by atoms with Gasteiger partial charge >= 0.3 is 0 Å². The van der Waals surface area contributed by atoms with Crippen molar-refractivity contribution in [2.24, 2.45) is 11.7 Å². The lowest BCUT2D eigenvalue weighted by Gasteiger charge is -2.48. The molecule has 106 valence electrons. The molecule has 2 rings (SSSR count). The summed E-state index contributed by atoms with van der Waals surface area (Å²) < 4.78 is 0.